The second-order valence-corrected chi connectivity index (χ2v) is 8.16. The highest BCUT2D eigenvalue weighted by molar-refractivity contribution is 6.09. The Labute approximate surface area is 159 Å². The van der Waals surface area contributed by atoms with E-state index in [4.69, 9.17) is 4.74 Å². The zero-order chi connectivity index (χ0) is 19.6. The number of likely N-dealkylation sites (tertiary alicyclic amines) is 1. The molecule has 1 saturated carbocycles. The quantitative estimate of drug-likeness (QED) is 0.586. The highest BCUT2D eigenvalue weighted by Gasteiger charge is 2.55. The van der Waals surface area contributed by atoms with E-state index in [0.29, 0.717) is 25.4 Å². The average molecular weight is 379 g/mol. The third kappa shape index (κ3) is 3.94. The summed E-state index contributed by atoms with van der Waals surface area (Å²) in [6.07, 6.45) is 5.26. The molecular formula is C19H29N3O5. The first-order valence-corrected chi connectivity index (χ1v) is 9.91. The van der Waals surface area contributed by atoms with Crippen LogP contribution < -0.4 is 5.32 Å². The number of nitrogens with zero attached hydrogens (tertiary/aromatic N) is 2. The van der Waals surface area contributed by atoms with E-state index >= 15 is 0 Å². The molecule has 2 saturated heterocycles. The number of esters is 1. The normalized spacial score (nSPS) is 29.2. The number of nitrogens with one attached hydrogen (secondary N) is 1. The summed E-state index contributed by atoms with van der Waals surface area (Å²) in [6, 6.07) is -0.554. The molecule has 8 heteroatoms. The highest BCUT2D eigenvalue weighted by Crippen LogP contribution is 2.38. The lowest BCUT2D eigenvalue weighted by molar-refractivity contribution is -0.154. The van der Waals surface area contributed by atoms with Crippen LogP contribution >= 0.6 is 0 Å². The number of carbonyl (C=O) groups is 4. The molecule has 0 unspecified atom stereocenters. The van der Waals surface area contributed by atoms with Crippen LogP contribution in [0.25, 0.3) is 0 Å². The molecule has 2 heterocycles. The molecule has 1 N–H and O–H groups in total. The molecular weight excluding hydrogens is 350 g/mol. The van der Waals surface area contributed by atoms with Crippen molar-refractivity contribution in [2.24, 2.45) is 11.8 Å². The molecule has 0 bridgehead atoms. The second kappa shape index (κ2) is 7.86. The van der Waals surface area contributed by atoms with Crippen LogP contribution in [0.15, 0.2) is 0 Å². The molecule has 3 rings (SSSR count). The molecule has 0 radical (unpaired) electrons. The number of hydrogen-bond acceptors (Lipinski definition) is 5. The molecule has 0 aromatic carbocycles. The van der Waals surface area contributed by atoms with Gasteiger partial charge in [0.15, 0.2) is 6.61 Å². The Morgan fingerprint density at radius 2 is 1.85 bits per heavy atom. The van der Waals surface area contributed by atoms with Crippen LogP contribution in [0.4, 0.5) is 4.79 Å². The van der Waals surface area contributed by atoms with Gasteiger partial charge in [-0.1, -0.05) is 26.7 Å². The summed E-state index contributed by atoms with van der Waals surface area (Å²) in [5.41, 5.74) is -0.893. The molecule has 4 amide bonds. The minimum atomic E-state index is -0.893. The van der Waals surface area contributed by atoms with E-state index < -0.39 is 24.1 Å². The summed E-state index contributed by atoms with van der Waals surface area (Å²) in [7, 11) is 0. The van der Waals surface area contributed by atoms with Gasteiger partial charge in [0.25, 0.3) is 11.8 Å². The molecule has 1 aliphatic carbocycles. The van der Waals surface area contributed by atoms with Crippen molar-refractivity contribution in [1.29, 1.82) is 0 Å². The Kier molecular flexibility index (Phi) is 5.72. The van der Waals surface area contributed by atoms with E-state index in [1.807, 2.05) is 6.92 Å². The van der Waals surface area contributed by atoms with Gasteiger partial charge >= 0.3 is 12.0 Å². The van der Waals surface area contributed by atoms with Gasteiger partial charge in [0, 0.05) is 13.1 Å². The zero-order valence-electron chi connectivity index (χ0n) is 16.2. The number of imide groups is 1. The van der Waals surface area contributed by atoms with E-state index in [0.717, 1.165) is 37.0 Å². The number of ether oxygens (including phenoxy) is 1. The molecule has 27 heavy (non-hydrogen) atoms. The lowest BCUT2D eigenvalue weighted by Crippen LogP contribution is -2.54. The molecule has 8 nitrogen and oxygen atoms in total. The maximum Gasteiger partial charge on any atom is 0.326 e. The lowest BCUT2D eigenvalue weighted by Gasteiger charge is -2.36. The molecule has 2 aliphatic heterocycles. The Balaban J connectivity index is 1.51. The smallest absolute Gasteiger partial charge is 0.326 e. The number of carbonyl (C=O) groups excluding carboxylic acids is 4. The SMILES string of the molecule is CC1CCN(C(=O)COC(=O)CN2C(=O)N[C@@]3(CCCC[C@@H]3C)C2=O)CC1. The molecule has 1 spiro atoms. The third-order valence-electron chi connectivity index (χ3n) is 6.28. The van der Waals surface area contributed by atoms with Crippen molar-refractivity contribution in [2.45, 2.75) is 57.9 Å². The van der Waals surface area contributed by atoms with Crippen molar-refractivity contribution in [3.8, 4) is 0 Å². The van der Waals surface area contributed by atoms with Gasteiger partial charge < -0.3 is 15.0 Å². The Morgan fingerprint density at radius 1 is 1.15 bits per heavy atom. The predicted octanol–water partition coefficient (Wildman–Crippen LogP) is 1.29. The van der Waals surface area contributed by atoms with Gasteiger partial charge in [0.05, 0.1) is 0 Å². The fraction of sp³-hybridized carbons (Fsp3) is 0.789. The topological polar surface area (TPSA) is 96.0 Å². The number of amides is 4. The van der Waals surface area contributed by atoms with Crippen molar-refractivity contribution in [1.82, 2.24) is 15.1 Å². The molecule has 3 aliphatic rings. The molecule has 0 aromatic heterocycles. The third-order valence-corrected chi connectivity index (χ3v) is 6.28. The lowest BCUT2D eigenvalue weighted by atomic mass is 9.73. The van der Waals surface area contributed by atoms with Crippen LogP contribution in [0.5, 0.6) is 0 Å². The van der Waals surface area contributed by atoms with Crippen LogP contribution in [-0.4, -0.2) is 65.4 Å². The average Bonchev–Trinajstić information content (AvgIpc) is 2.88. The van der Waals surface area contributed by atoms with Crippen molar-refractivity contribution in [3.05, 3.63) is 0 Å². The summed E-state index contributed by atoms with van der Waals surface area (Å²) >= 11 is 0. The minimum absolute atomic E-state index is 0.0341. The van der Waals surface area contributed by atoms with E-state index in [9.17, 15) is 19.2 Å². The maximum atomic E-state index is 12.8. The van der Waals surface area contributed by atoms with E-state index in [-0.39, 0.29) is 24.3 Å². The van der Waals surface area contributed by atoms with Gasteiger partial charge in [-0.05, 0) is 37.5 Å². The van der Waals surface area contributed by atoms with Gasteiger partial charge in [-0.15, -0.1) is 0 Å². The van der Waals surface area contributed by atoms with Gasteiger partial charge in [0.2, 0.25) is 0 Å². The zero-order valence-corrected chi connectivity index (χ0v) is 16.2. The minimum Gasteiger partial charge on any atom is -0.454 e. The van der Waals surface area contributed by atoms with Crippen LogP contribution in [0, 0.1) is 11.8 Å². The Hall–Kier alpha value is -2.12. The maximum absolute atomic E-state index is 12.8. The first-order valence-electron chi connectivity index (χ1n) is 9.91. The number of urea groups is 1. The summed E-state index contributed by atoms with van der Waals surface area (Å²) in [4.78, 5) is 52.0. The van der Waals surface area contributed by atoms with Crippen molar-refractivity contribution >= 4 is 23.8 Å². The van der Waals surface area contributed by atoms with Gasteiger partial charge in [-0.3, -0.25) is 19.3 Å². The summed E-state index contributed by atoms with van der Waals surface area (Å²) in [5, 5.41) is 2.80. The predicted molar refractivity (Wildman–Crippen MR) is 96.5 cm³/mol. The van der Waals surface area contributed by atoms with Crippen LogP contribution in [-0.2, 0) is 19.1 Å². The number of hydrogen-bond donors (Lipinski definition) is 1. The van der Waals surface area contributed by atoms with Gasteiger partial charge in [-0.25, -0.2) is 4.79 Å². The monoisotopic (exact) mass is 379 g/mol. The van der Waals surface area contributed by atoms with Crippen molar-refractivity contribution < 1.29 is 23.9 Å². The van der Waals surface area contributed by atoms with Crippen LogP contribution in [0.3, 0.4) is 0 Å². The second-order valence-electron chi connectivity index (χ2n) is 8.16. The molecule has 3 fully saturated rings. The Bertz CT molecular complexity index is 629. The number of piperidine rings is 1. The van der Waals surface area contributed by atoms with E-state index in [1.54, 1.807) is 4.90 Å². The van der Waals surface area contributed by atoms with Crippen LogP contribution in [0.1, 0.15) is 52.4 Å². The Morgan fingerprint density at radius 3 is 2.52 bits per heavy atom. The largest absolute Gasteiger partial charge is 0.454 e. The first kappa shape index (κ1) is 19.6. The molecule has 2 atom stereocenters. The fourth-order valence-corrected chi connectivity index (χ4v) is 4.31. The van der Waals surface area contributed by atoms with E-state index in [1.165, 1.54) is 0 Å². The number of rotatable bonds is 4. The summed E-state index contributed by atoms with van der Waals surface area (Å²) in [6.45, 7) is 4.65. The van der Waals surface area contributed by atoms with Crippen molar-refractivity contribution in [3.63, 3.8) is 0 Å². The molecule has 150 valence electrons. The fourth-order valence-electron chi connectivity index (χ4n) is 4.31. The van der Waals surface area contributed by atoms with E-state index in [2.05, 4.69) is 12.2 Å². The highest BCUT2D eigenvalue weighted by atomic mass is 16.5. The van der Waals surface area contributed by atoms with Crippen molar-refractivity contribution in [2.75, 3.05) is 26.2 Å². The summed E-state index contributed by atoms with van der Waals surface area (Å²) in [5.74, 6) is -0.687. The van der Waals surface area contributed by atoms with Gasteiger partial charge in [0.1, 0.15) is 12.1 Å². The van der Waals surface area contributed by atoms with Gasteiger partial charge in [-0.2, -0.15) is 0 Å². The summed E-state index contributed by atoms with van der Waals surface area (Å²) < 4.78 is 5.04. The standard InChI is InChI=1S/C19H29N3O5/c1-13-6-9-21(10-7-13)15(23)12-27-16(24)11-22-17(25)19(20-18(22)26)8-4-3-5-14(19)2/h13-14H,3-12H2,1-2H3,(H,20,26)/t14-,19+/m0/s1. The first-order chi connectivity index (χ1) is 12.8. The molecule has 0 aromatic rings. The van der Waals surface area contributed by atoms with Crippen LogP contribution in [0.2, 0.25) is 0 Å².